The van der Waals surface area contributed by atoms with Crippen molar-refractivity contribution in [1.29, 1.82) is 5.26 Å². The molecular formula is C18H10F3N3O. The van der Waals surface area contributed by atoms with Gasteiger partial charge in [-0.25, -0.2) is 0 Å². The van der Waals surface area contributed by atoms with E-state index >= 15 is 0 Å². The number of rotatable bonds is 3. The van der Waals surface area contributed by atoms with Crippen LogP contribution < -0.4 is 4.74 Å². The fourth-order valence-electron chi connectivity index (χ4n) is 2.13. The van der Waals surface area contributed by atoms with Gasteiger partial charge >= 0.3 is 6.18 Å². The summed E-state index contributed by atoms with van der Waals surface area (Å²) in [5.74, 6) is -0.227. The molecule has 0 fully saturated rings. The quantitative estimate of drug-likeness (QED) is 0.685. The summed E-state index contributed by atoms with van der Waals surface area (Å²) in [4.78, 5) is 0. The predicted molar refractivity (Wildman–Crippen MR) is 83.7 cm³/mol. The molecule has 0 saturated heterocycles. The summed E-state index contributed by atoms with van der Waals surface area (Å²) in [6.45, 7) is 0. The second-order valence-electron chi connectivity index (χ2n) is 5.05. The van der Waals surface area contributed by atoms with Crippen molar-refractivity contribution in [2.45, 2.75) is 6.18 Å². The molecule has 0 unspecified atom stereocenters. The molecule has 0 radical (unpaired) electrons. The maximum atomic E-state index is 12.8. The van der Waals surface area contributed by atoms with Crippen molar-refractivity contribution in [3.05, 3.63) is 71.8 Å². The number of benzene rings is 2. The lowest BCUT2D eigenvalue weighted by Crippen LogP contribution is -2.05. The number of hydrogen-bond donors (Lipinski definition) is 0. The van der Waals surface area contributed by atoms with Crippen LogP contribution in [0.5, 0.6) is 11.6 Å². The molecule has 0 N–H and O–H groups in total. The van der Waals surface area contributed by atoms with Crippen LogP contribution in [-0.4, -0.2) is 10.2 Å². The molecule has 25 heavy (non-hydrogen) atoms. The smallest absolute Gasteiger partial charge is 0.416 e. The van der Waals surface area contributed by atoms with Gasteiger partial charge in [-0.3, -0.25) is 0 Å². The van der Waals surface area contributed by atoms with Gasteiger partial charge in [0.2, 0.25) is 0 Å². The van der Waals surface area contributed by atoms with E-state index in [2.05, 4.69) is 10.2 Å². The van der Waals surface area contributed by atoms with Crippen LogP contribution in [0.2, 0.25) is 0 Å². The number of aromatic nitrogens is 2. The Labute approximate surface area is 141 Å². The molecule has 3 rings (SSSR count). The van der Waals surface area contributed by atoms with Gasteiger partial charge in [0.05, 0.1) is 11.3 Å². The SMILES string of the molecule is N#Cc1cc(-c2ccccc2)nnc1Oc1cccc(C(F)(F)F)c1. The molecule has 0 aliphatic rings. The average molecular weight is 341 g/mol. The molecule has 0 bridgehead atoms. The minimum Gasteiger partial charge on any atom is -0.437 e. The minimum absolute atomic E-state index is 0.0752. The number of nitrogens with zero attached hydrogens (tertiary/aromatic N) is 3. The van der Waals surface area contributed by atoms with Crippen LogP contribution >= 0.6 is 0 Å². The maximum absolute atomic E-state index is 12.8. The lowest BCUT2D eigenvalue weighted by Gasteiger charge is -2.10. The second-order valence-corrected chi connectivity index (χ2v) is 5.05. The summed E-state index contributed by atoms with van der Waals surface area (Å²) in [5, 5.41) is 17.1. The number of nitriles is 1. The van der Waals surface area contributed by atoms with Gasteiger partial charge in [0, 0.05) is 5.56 Å². The number of ether oxygens (including phenoxy) is 1. The van der Waals surface area contributed by atoms with Gasteiger partial charge in [0.25, 0.3) is 5.88 Å². The third kappa shape index (κ3) is 3.75. The van der Waals surface area contributed by atoms with Crippen LogP contribution in [0.25, 0.3) is 11.3 Å². The van der Waals surface area contributed by atoms with Crippen LogP contribution in [-0.2, 0) is 6.18 Å². The standard InChI is InChI=1S/C18H10F3N3O/c19-18(20,21)14-7-4-8-15(10-14)25-17-13(11-22)9-16(23-24-17)12-5-2-1-3-6-12/h1-10H. The van der Waals surface area contributed by atoms with Crippen molar-refractivity contribution in [3.8, 4) is 29.0 Å². The molecule has 0 aliphatic heterocycles. The normalized spacial score (nSPS) is 11.0. The first-order chi connectivity index (χ1) is 12.0. The lowest BCUT2D eigenvalue weighted by molar-refractivity contribution is -0.137. The summed E-state index contributed by atoms with van der Waals surface area (Å²) < 4.78 is 43.6. The molecule has 1 aromatic heterocycles. The molecule has 3 aromatic rings. The Bertz CT molecular complexity index is 934. The predicted octanol–water partition coefficient (Wildman–Crippen LogP) is 4.83. The Hall–Kier alpha value is -3.40. The second kappa shape index (κ2) is 6.61. The largest absolute Gasteiger partial charge is 0.437 e. The van der Waals surface area contributed by atoms with E-state index in [1.165, 1.54) is 18.2 Å². The summed E-state index contributed by atoms with van der Waals surface area (Å²) in [6, 6.07) is 16.8. The molecule has 0 amide bonds. The van der Waals surface area contributed by atoms with Gasteiger partial charge in [0.1, 0.15) is 17.4 Å². The van der Waals surface area contributed by atoms with E-state index in [0.717, 1.165) is 17.7 Å². The van der Waals surface area contributed by atoms with Gasteiger partial charge in [-0.1, -0.05) is 36.4 Å². The molecule has 0 saturated carbocycles. The minimum atomic E-state index is -4.49. The Kier molecular flexibility index (Phi) is 4.35. The highest BCUT2D eigenvalue weighted by Gasteiger charge is 2.30. The summed E-state index contributed by atoms with van der Waals surface area (Å²) in [6.07, 6.45) is -4.49. The maximum Gasteiger partial charge on any atom is 0.416 e. The summed E-state index contributed by atoms with van der Waals surface area (Å²) in [5.41, 5.74) is 0.453. The van der Waals surface area contributed by atoms with E-state index < -0.39 is 11.7 Å². The summed E-state index contributed by atoms with van der Waals surface area (Å²) in [7, 11) is 0. The van der Waals surface area contributed by atoms with Crippen LogP contribution in [0.3, 0.4) is 0 Å². The van der Waals surface area contributed by atoms with E-state index in [-0.39, 0.29) is 17.2 Å². The highest BCUT2D eigenvalue weighted by atomic mass is 19.4. The monoisotopic (exact) mass is 341 g/mol. The fraction of sp³-hybridized carbons (Fsp3) is 0.0556. The number of hydrogen-bond acceptors (Lipinski definition) is 4. The molecule has 1 heterocycles. The van der Waals surface area contributed by atoms with Gasteiger partial charge in [0.15, 0.2) is 0 Å². The highest BCUT2D eigenvalue weighted by Crippen LogP contribution is 2.33. The molecule has 0 atom stereocenters. The van der Waals surface area contributed by atoms with Crippen molar-refractivity contribution < 1.29 is 17.9 Å². The molecule has 0 aliphatic carbocycles. The van der Waals surface area contributed by atoms with Crippen LogP contribution in [0, 0.1) is 11.3 Å². The zero-order valence-electron chi connectivity index (χ0n) is 12.7. The van der Waals surface area contributed by atoms with Crippen LogP contribution in [0.4, 0.5) is 13.2 Å². The molecular weight excluding hydrogens is 331 g/mol. The van der Waals surface area contributed by atoms with Crippen molar-refractivity contribution in [3.63, 3.8) is 0 Å². The number of halogens is 3. The highest BCUT2D eigenvalue weighted by molar-refractivity contribution is 5.61. The summed E-state index contributed by atoms with van der Waals surface area (Å²) >= 11 is 0. The van der Waals surface area contributed by atoms with Crippen molar-refractivity contribution in [1.82, 2.24) is 10.2 Å². The first kappa shape index (κ1) is 16.5. The molecule has 7 heteroatoms. The Morgan fingerprint density at radius 3 is 2.36 bits per heavy atom. The van der Waals surface area contributed by atoms with E-state index in [1.54, 1.807) is 12.1 Å². The molecule has 4 nitrogen and oxygen atoms in total. The van der Waals surface area contributed by atoms with E-state index in [0.29, 0.717) is 5.69 Å². The fourth-order valence-corrected chi connectivity index (χ4v) is 2.13. The van der Waals surface area contributed by atoms with E-state index in [4.69, 9.17) is 4.74 Å². The Balaban J connectivity index is 1.93. The molecule has 0 spiro atoms. The van der Waals surface area contributed by atoms with Gasteiger partial charge in [-0.05, 0) is 24.3 Å². The number of alkyl halides is 3. The van der Waals surface area contributed by atoms with E-state index in [1.807, 2.05) is 24.3 Å². The van der Waals surface area contributed by atoms with Crippen LogP contribution in [0.15, 0.2) is 60.7 Å². The van der Waals surface area contributed by atoms with Gasteiger partial charge < -0.3 is 4.74 Å². The lowest BCUT2D eigenvalue weighted by atomic mass is 10.1. The van der Waals surface area contributed by atoms with E-state index in [9.17, 15) is 18.4 Å². The van der Waals surface area contributed by atoms with Crippen LogP contribution in [0.1, 0.15) is 11.1 Å². The third-order valence-electron chi connectivity index (χ3n) is 3.33. The topological polar surface area (TPSA) is 58.8 Å². The Morgan fingerprint density at radius 1 is 0.920 bits per heavy atom. The first-order valence-corrected chi connectivity index (χ1v) is 7.16. The zero-order chi connectivity index (χ0) is 17.9. The van der Waals surface area contributed by atoms with Crippen molar-refractivity contribution in [2.24, 2.45) is 0 Å². The third-order valence-corrected chi connectivity index (χ3v) is 3.33. The average Bonchev–Trinajstić information content (AvgIpc) is 2.62. The van der Waals surface area contributed by atoms with Gasteiger partial charge in [-0.2, -0.15) is 18.4 Å². The zero-order valence-corrected chi connectivity index (χ0v) is 12.7. The van der Waals surface area contributed by atoms with Crippen molar-refractivity contribution in [2.75, 3.05) is 0 Å². The van der Waals surface area contributed by atoms with Gasteiger partial charge in [-0.15, -0.1) is 10.2 Å². The molecule has 2 aromatic carbocycles. The first-order valence-electron chi connectivity index (χ1n) is 7.16. The van der Waals surface area contributed by atoms with Crippen molar-refractivity contribution >= 4 is 0 Å². The Morgan fingerprint density at radius 2 is 1.68 bits per heavy atom. The molecule has 124 valence electrons.